The highest BCUT2D eigenvalue weighted by atomic mass is 16.6. The van der Waals surface area contributed by atoms with Gasteiger partial charge in [-0.3, -0.25) is 0 Å². The molecule has 5 heteroatoms. The molecule has 78 valence electrons. The maximum atomic E-state index is 10.4. The predicted octanol–water partition coefficient (Wildman–Crippen LogP) is 1.94. The Morgan fingerprint density at radius 1 is 1.64 bits per heavy atom. The molecule has 0 aromatic carbocycles. The number of hydrogen-bond donors (Lipinski definition) is 1. The van der Waals surface area contributed by atoms with E-state index in [-0.39, 0.29) is 11.8 Å². The summed E-state index contributed by atoms with van der Waals surface area (Å²) in [4.78, 5) is 14.0. The number of ether oxygens (including phenoxy) is 1. The van der Waals surface area contributed by atoms with E-state index in [0.717, 1.165) is 25.5 Å². The molecule has 0 unspecified atom stereocenters. The van der Waals surface area contributed by atoms with E-state index in [1.54, 1.807) is 0 Å². The lowest BCUT2D eigenvalue weighted by atomic mass is 10.3. The molecule has 0 spiro atoms. The molecule has 1 aromatic heterocycles. The van der Waals surface area contributed by atoms with Gasteiger partial charge in [-0.2, -0.15) is 4.98 Å². The largest absolute Gasteiger partial charge is 0.476 e. The van der Waals surface area contributed by atoms with Crippen LogP contribution in [-0.2, 0) is 0 Å². The molecular weight excluding hydrogens is 186 g/mol. The van der Waals surface area contributed by atoms with Crippen LogP contribution in [-0.4, -0.2) is 22.7 Å². The smallest absolute Gasteiger partial charge is 0.394 e. The first-order chi connectivity index (χ1) is 6.74. The third-order valence-corrected chi connectivity index (χ3v) is 1.68. The number of carbonyl (C=O) groups is 1. The molecule has 1 N–H and O–H groups in total. The number of aromatic nitrogens is 1. The van der Waals surface area contributed by atoms with Crippen molar-refractivity contribution in [3.05, 3.63) is 12.0 Å². The van der Waals surface area contributed by atoms with Gasteiger partial charge in [0.15, 0.2) is 5.69 Å². The average Bonchev–Trinajstić information content (AvgIpc) is 2.61. The Kier molecular flexibility index (Phi) is 3.97. The highest BCUT2D eigenvalue weighted by Gasteiger charge is 2.10. The van der Waals surface area contributed by atoms with Gasteiger partial charge in [0, 0.05) is 0 Å². The van der Waals surface area contributed by atoms with Gasteiger partial charge >= 0.3 is 12.0 Å². The van der Waals surface area contributed by atoms with Gasteiger partial charge in [-0.1, -0.05) is 19.8 Å². The van der Waals surface area contributed by atoms with Crippen molar-refractivity contribution < 1.29 is 19.1 Å². The summed E-state index contributed by atoms with van der Waals surface area (Å²) in [7, 11) is 0. The Morgan fingerprint density at radius 2 is 2.43 bits per heavy atom. The molecule has 0 radical (unpaired) electrons. The zero-order chi connectivity index (χ0) is 10.4. The molecule has 0 aliphatic carbocycles. The van der Waals surface area contributed by atoms with E-state index in [9.17, 15) is 4.79 Å². The fraction of sp³-hybridized carbons (Fsp3) is 0.556. The van der Waals surface area contributed by atoms with E-state index in [4.69, 9.17) is 14.3 Å². The van der Waals surface area contributed by atoms with E-state index >= 15 is 0 Å². The molecule has 0 fully saturated rings. The molecule has 1 aromatic rings. The number of aromatic carboxylic acids is 1. The van der Waals surface area contributed by atoms with Crippen LogP contribution >= 0.6 is 0 Å². The van der Waals surface area contributed by atoms with Gasteiger partial charge in [0.25, 0.3) is 0 Å². The van der Waals surface area contributed by atoms with E-state index in [2.05, 4.69) is 11.9 Å². The number of nitrogens with zero attached hydrogens (tertiary/aromatic N) is 1. The zero-order valence-electron chi connectivity index (χ0n) is 8.02. The zero-order valence-corrected chi connectivity index (χ0v) is 8.02. The number of rotatable bonds is 6. The van der Waals surface area contributed by atoms with E-state index in [1.165, 1.54) is 0 Å². The lowest BCUT2D eigenvalue weighted by Crippen LogP contribution is -1.99. The monoisotopic (exact) mass is 199 g/mol. The van der Waals surface area contributed by atoms with Crippen LogP contribution < -0.4 is 4.74 Å². The second-order valence-electron chi connectivity index (χ2n) is 2.86. The summed E-state index contributed by atoms with van der Waals surface area (Å²) in [6.07, 6.45) is 4.19. The van der Waals surface area contributed by atoms with Crippen LogP contribution in [0.25, 0.3) is 0 Å². The molecule has 0 saturated heterocycles. The number of carboxylic acid groups (broad SMARTS) is 1. The molecule has 14 heavy (non-hydrogen) atoms. The normalized spacial score (nSPS) is 10.1. The summed E-state index contributed by atoms with van der Waals surface area (Å²) < 4.78 is 9.89. The molecule has 1 rings (SSSR count). The van der Waals surface area contributed by atoms with Gasteiger partial charge < -0.3 is 14.3 Å². The molecule has 5 nitrogen and oxygen atoms in total. The van der Waals surface area contributed by atoms with Crippen molar-refractivity contribution in [2.75, 3.05) is 6.61 Å². The molecule has 0 aliphatic heterocycles. The minimum atomic E-state index is -1.11. The standard InChI is InChI=1S/C9H13NO4/c1-2-3-4-5-13-9-10-7(6-14-9)8(11)12/h6H,2-5H2,1H3,(H,11,12). The summed E-state index contributed by atoms with van der Waals surface area (Å²) >= 11 is 0. The summed E-state index contributed by atoms with van der Waals surface area (Å²) in [5.41, 5.74) is -0.129. The Hall–Kier alpha value is -1.52. The van der Waals surface area contributed by atoms with E-state index in [1.807, 2.05) is 0 Å². The van der Waals surface area contributed by atoms with Gasteiger partial charge in [-0.15, -0.1) is 0 Å². The van der Waals surface area contributed by atoms with Crippen LogP contribution in [0.1, 0.15) is 36.7 Å². The van der Waals surface area contributed by atoms with Gasteiger partial charge in [0.05, 0.1) is 6.61 Å². The number of carboxylic acids is 1. The second kappa shape index (κ2) is 5.26. The SMILES string of the molecule is CCCCCOc1nc(C(=O)O)co1. The molecule has 1 heterocycles. The first kappa shape index (κ1) is 10.6. The van der Waals surface area contributed by atoms with Crippen molar-refractivity contribution >= 4 is 5.97 Å². The number of unbranched alkanes of at least 4 members (excludes halogenated alkanes) is 2. The van der Waals surface area contributed by atoms with Gasteiger partial charge in [0.1, 0.15) is 6.26 Å². The van der Waals surface area contributed by atoms with Crippen molar-refractivity contribution in [1.82, 2.24) is 4.98 Å². The quantitative estimate of drug-likeness (QED) is 0.709. The molecule has 0 atom stereocenters. The second-order valence-corrected chi connectivity index (χ2v) is 2.86. The molecule has 0 bridgehead atoms. The first-order valence-corrected chi connectivity index (χ1v) is 4.55. The van der Waals surface area contributed by atoms with Crippen molar-refractivity contribution in [2.45, 2.75) is 26.2 Å². The van der Waals surface area contributed by atoms with Gasteiger partial charge in [-0.05, 0) is 6.42 Å². The maximum Gasteiger partial charge on any atom is 0.394 e. The van der Waals surface area contributed by atoms with Crippen molar-refractivity contribution in [2.24, 2.45) is 0 Å². The molecular formula is C9H13NO4. The third kappa shape index (κ3) is 3.08. The van der Waals surface area contributed by atoms with Crippen LogP contribution in [0.2, 0.25) is 0 Å². The average molecular weight is 199 g/mol. The minimum absolute atomic E-state index is 0.0264. The Bertz CT molecular complexity index is 295. The van der Waals surface area contributed by atoms with Crippen molar-refractivity contribution in [1.29, 1.82) is 0 Å². The van der Waals surface area contributed by atoms with Crippen LogP contribution in [0, 0.1) is 0 Å². The summed E-state index contributed by atoms with van der Waals surface area (Å²) in [6, 6.07) is 0. The van der Waals surface area contributed by atoms with Gasteiger partial charge in [0.2, 0.25) is 0 Å². The summed E-state index contributed by atoms with van der Waals surface area (Å²) in [6.45, 7) is 2.60. The highest BCUT2D eigenvalue weighted by Crippen LogP contribution is 2.10. The summed E-state index contributed by atoms with van der Waals surface area (Å²) in [5, 5.41) is 8.53. The number of hydrogen-bond acceptors (Lipinski definition) is 4. The topological polar surface area (TPSA) is 72.6 Å². The van der Waals surface area contributed by atoms with Crippen LogP contribution in [0.5, 0.6) is 6.08 Å². The predicted molar refractivity (Wildman–Crippen MR) is 48.5 cm³/mol. The molecule has 0 amide bonds. The Balaban J connectivity index is 2.33. The molecule has 0 aliphatic rings. The lowest BCUT2D eigenvalue weighted by Gasteiger charge is -1.98. The third-order valence-electron chi connectivity index (χ3n) is 1.68. The highest BCUT2D eigenvalue weighted by molar-refractivity contribution is 5.84. The fourth-order valence-electron chi connectivity index (χ4n) is 0.933. The Labute approximate surface area is 81.7 Å². The van der Waals surface area contributed by atoms with Crippen molar-refractivity contribution in [3.8, 4) is 6.08 Å². The lowest BCUT2D eigenvalue weighted by molar-refractivity contribution is 0.0690. The van der Waals surface area contributed by atoms with Gasteiger partial charge in [-0.25, -0.2) is 4.79 Å². The Morgan fingerprint density at radius 3 is 3.00 bits per heavy atom. The van der Waals surface area contributed by atoms with E-state index in [0.29, 0.717) is 6.61 Å². The van der Waals surface area contributed by atoms with Crippen LogP contribution in [0.3, 0.4) is 0 Å². The maximum absolute atomic E-state index is 10.4. The van der Waals surface area contributed by atoms with E-state index < -0.39 is 5.97 Å². The minimum Gasteiger partial charge on any atom is -0.476 e. The fourth-order valence-corrected chi connectivity index (χ4v) is 0.933. The molecule has 0 saturated carbocycles. The van der Waals surface area contributed by atoms with Crippen LogP contribution in [0.4, 0.5) is 0 Å². The number of oxazole rings is 1. The summed E-state index contributed by atoms with van der Waals surface area (Å²) in [5.74, 6) is -1.11. The van der Waals surface area contributed by atoms with Crippen LogP contribution in [0.15, 0.2) is 10.7 Å². The first-order valence-electron chi connectivity index (χ1n) is 4.55. The van der Waals surface area contributed by atoms with Crippen molar-refractivity contribution in [3.63, 3.8) is 0 Å².